The molecule has 0 spiro atoms. The highest BCUT2D eigenvalue weighted by atomic mass is 32.1. The number of methoxy groups -OCH3 is 1. The monoisotopic (exact) mass is 211 g/mol. The summed E-state index contributed by atoms with van der Waals surface area (Å²) in [6.07, 6.45) is 2.24. The van der Waals surface area contributed by atoms with Gasteiger partial charge < -0.3 is 9.64 Å². The van der Waals surface area contributed by atoms with Crippen molar-refractivity contribution >= 4 is 22.3 Å². The molecule has 4 heteroatoms. The minimum Gasteiger partial charge on any atom is -0.465 e. The van der Waals surface area contributed by atoms with Crippen LogP contribution in [0.25, 0.3) is 0 Å². The maximum atomic E-state index is 11.3. The molecule has 14 heavy (non-hydrogen) atoms. The molecule has 1 aliphatic rings. The van der Waals surface area contributed by atoms with E-state index in [0.29, 0.717) is 4.88 Å². The van der Waals surface area contributed by atoms with Crippen LogP contribution < -0.4 is 4.90 Å². The molecule has 0 amide bonds. The largest absolute Gasteiger partial charge is 0.465 e. The average Bonchev–Trinajstić information content (AvgIpc) is 2.62. The molecule has 0 N–H and O–H groups in total. The van der Waals surface area contributed by atoms with Crippen LogP contribution in [0.2, 0.25) is 0 Å². The number of carbonyl (C=O) groups is 1. The molecule has 1 aromatic heterocycles. The molecule has 0 saturated heterocycles. The Labute approximate surface area is 87.3 Å². The van der Waals surface area contributed by atoms with Crippen LogP contribution in [0.15, 0.2) is 6.07 Å². The molecule has 0 unspecified atom stereocenters. The van der Waals surface area contributed by atoms with E-state index in [1.54, 1.807) is 0 Å². The number of thiophene rings is 1. The van der Waals surface area contributed by atoms with Crippen LogP contribution >= 0.6 is 11.3 Å². The van der Waals surface area contributed by atoms with Gasteiger partial charge in [-0.3, -0.25) is 0 Å². The van der Waals surface area contributed by atoms with Gasteiger partial charge in [-0.15, -0.1) is 11.3 Å². The van der Waals surface area contributed by atoms with Crippen molar-refractivity contribution in [3.8, 4) is 0 Å². The molecule has 3 nitrogen and oxygen atoms in total. The number of aryl methyl sites for hydroxylation is 1. The summed E-state index contributed by atoms with van der Waals surface area (Å²) in [4.78, 5) is 14.2. The van der Waals surface area contributed by atoms with Crippen LogP contribution in [-0.2, 0) is 11.2 Å². The molecule has 2 rings (SSSR count). The van der Waals surface area contributed by atoms with Crippen LogP contribution in [0.4, 0.5) is 5.00 Å². The zero-order chi connectivity index (χ0) is 10.1. The minimum atomic E-state index is -0.224. The highest BCUT2D eigenvalue weighted by molar-refractivity contribution is 7.18. The molecular weight excluding hydrogens is 198 g/mol. The number of carbonyl (C=O) groups excluding carboxylic acids is 1. The summed E-state index contributed by atoms with van der Waals surface area (Å²) in [5.41, 5.74) is 1.28. The molecular formula is C10H13NO2S. The molecule has 0 bridgehead atoms. The predicted molar refractivity (Wildman–Crippen MR) is 57.2 cm³/mol. The van der Waals surface area contributed by atoms with E-state index in [4.69, 9.17) is 4.74 Å². The van der Waals surface area contributed by atoms with Gasteiger partial charge in [0.25, 0.3) is 0 Å². The second-order valence-electron chi connectivity index (χ2n) is 3.46. The first kappa shape index (κ1) is 9.52. The Hall–Kier alpha value is -1.03. The molecule has 2 heterocycles. The van der Waals surface area contributed by atoms with Crippen molar-refractivity contribution < 1.29 is 9.53 Å². The summed E-state index contributed by atoms with van der Waals surface area (Å²) in [6.45, 7) is 1.08. The fourth-order valence-corrected chi connectivity index (χ4v) is 2.85. The van der Waals surface area contributed by atoms with Gasteiger partial charge >= 0.3 is 5.97 Å². The van der Waals surface area contributed by atoms with E-state index in [0.717, 1.165) is 13.0 Å². The van der Waals surface area contributed by atoms with E-state index in [1.807, 2.05) is 6.07 Å². The zero-order valence-corrected chi connectivity index (χ0v) is 9.19. The molecule has 0 aliphatic carbocycles. The predicted octanol–water partition coefficient (Wildman–Crippen LogP) is 1.92. The van der Waals surface area contributed by atoms with E-state index in [9.17, 15) is 4.79 Å². The molecule has 0 atom stereocenters. The third kappa shape index (κ3) is 1.50. The number of hydrogen-bond donors (Lipinski definition) is 0. The van der Waals surface area contributed by atoms with E-state index in [2.05, 4.69) is 11.9 Å². The number of nitrogens with zero attached hydrogens (tertiary/aromatic N) is 1. The number of fused-ring (bicyclic) bond motifs is 1. The summed E-state index contributed by atoms with van der Waals surface area (Å²) in [5.74, 6) is -0.224. The first-order valence-electron chi connectivity index (χ1n) is 4.64. The highest BCUT2D eigenvalue weighted by Gasteiger charge is 2.20. The van der Waals surface area contributed by atoms with Gasteiger partial charge in [0.05, 0.1) is 12.1 Å². The number of rotatable bonds is 1. The Bertz CT molecular complexity index is 359. The first-order chi connectivity index (χ1) is 6.72. The molecule has 0 aromatic carbocycles. The van der Waals surface area contributed by atoms with Crippen molar-refractivity contribution in [1.82, 2.24) is 0 Å². The van der Waals surface area contributed by atoms with Gasteiger partial charge in [0.2, 0.25) is 0 Å². The normalized spacial score (nSPS) is 15.1. The van der Waals surface area contributed by atoms with E-state index >= 15 is 0 Å². The maximum Gasteiger partial charge on any atom is 0.348 e. The average molecular weight is 211 g/mol. The Morgan fingerprint density at radius 3 is 3.07 bits per heavy atom. The van der Waals surface area contributed by atoms with Crippen molar-refractivity contribution in [2.75, 3.05) is 25.6 Å². The second-order valence-corrected chi connectivity index (χ2v) is 4.49. The second kappa shape index (κ2) is 3.61. The van der Waals surface area contributed by atoms with E-state index < -0.39 is 0 Å². The van der Waals surface area contributed by atoms with Gasteiger partial charge in [0, 0.05) is 13.6 Å². The Kier molecular flexibility index (Phi) is 2.46. The van der Waals surface area contributed by atoms with Crippen LogP contribution in [0.5, 0.6) is 0 Å². The van der Waals surface area contributed by atoms with Crippen LogP contribution in [0.3, 0.4) is 0 Å². The molecule has 1 aliphatic heterocycles. The van der Waals surface area contributed by atoms with Gasteiger partial charge in [-0.05, 0) is 24.5 Å². The summed E-state index contributed by atoms with van der Waals surface area (Å²) in [7, 11) is 3.49. The molecule has 0 saturated carbocycles. The Balaban J connectivity index is 2.35. The summed E-state index contributed by atoms with van der Waals surface area (Å²) < 4.78 is 4.70. The quantitative estimate of drug-likeness (QED) is 0.665. The summed E-state index contributed by atoms with van der Waals surface area (Å²) in [6, 6.07) is 1.96. The molecule has 76 valence electrons. The lowest BCUT2D eigenvalue weighted by molar-refractivity contribution is 0.0606. The molecule has 0 fully saturated rings. The van der Waals surface area contributed by atoms with Gasteiger partial charge in [-0.25, -0.2) is 4.79 Å². The van der Waals surface area contributed by atoms with E-state index in [-0.39, 0.29) is 5.97 Å². The SMILES string of the molecule is COC(=O)c1cc2c(s1)N(C)CCC2. The minimum absolute atomic E-state index is 0.224. The Morgan fingerprint density at radius 2 is 2.43 bits per heavy atom. The number of hydrogen-bond acceptors (Lipinski definition) is 4. The van der Waals surface area contributed by atoms with Crippen LogP contribution in [0.1, 0.15) is 21.7 Å². The lowest BCUT2D eigenvalue weighted by Crippen LogP contribution is -2.22. The lowest BCUT2D eigenvalue weighted by atomic mass is 10.1. The van der Waals surface area contributed by atoms with Crippen molar-refractivity contribution in [2.24, 2.45) is 0 Å². The van der Waals surface area contributed by atoms with Crippen molar-refractivity contribution in [3.63, 3.8) is 0 Å². The topological polar surface area (TPSA) is 29.5 Å². The van der Waals surface area contributed by atoms with Crippen LogP contribution in [0, 0.1) is 0 Å². The summed E-state index contributed by atoms with van der Waals surface area (Å²) in [5, 5.41) is 1.22. The fraction of sp³-hybridized carbons (Fsp3) is 0.500. The number of anilines is 1. The van der Waals surface area contributed by atoms with Crippen molar-refractivity contribution in [1.29, 1.82) is 0 Å². The van der Waals surface area contributed by atoms with Crippen molar-refractivity contribution in [3.05, 3.63) is 16.5 Å². The third-order valence-electron chi connectivity index (χ3n) is 2.46. The standard InChI is InChI=1S/C10H13NO2S/c1-11-5-3-4-7-6-8(10(12)13-2)14-9(7)11/h6H,3-5H2,1-2H3. The lowest BCUT2D eigenvalue weighted by Gasteiger charge is -2.23. The van der Waals surface area contributed by atoms with Gasteiger partial charge in [-0.2, -0.15) is 0 Å². The van der Waals surface area contributed by atoms with Gasteiger partial charge in [0.1, 0.15) is 4.88 Å². The smallest absolute Gasteiger partial charge is 0.348 e. The van der Waals surface area contributed by atoms with Gasteiger partial charge in [-0.1, -0.05) is 0 Å². The third-order valence-corrected chi connectivity index (χ3v) is 3.73. The highest BCUT2D eigenvalue weighted by Crippen LogP contribution is 2.35. The molecule has 1 aromatic rings. The van der Waals surface area contributed by atoms with Crippen LogP contribution in [-0.4, -0.2) is 26.7 Å². The van der Waals surface area contributed by atoms with E-state index in [1.165, 1.54) is 35.4 Å². The first-order valence-corrected chi connectivity index (χ1v) is 5.46. The summed E-state index contributed by atoms with van der Waals surface area (Å²) >= 11 is 1.53. The maximum absolute atomic E-state index is 11.3. The zero-order valence-electron chi connectivity index (χ0n) is 8.37. The molecule has 0 radical (unpaired) electrons. The fourth-order valence-electron chi connectivity index (χ4n) is 1.73. The number of esters is 1. The van der Waals surface area contributed by atoms with Gasteiger partial charge in [0.15, 0.2) is 0 Å². The number of ether oxygens (including phenoxy) is 1. The van der Waals surface area contributed by atoms with Crippen molar-refractivity contribution in [2.45, 2.75) is 12.8 Å². The Morgan fingerprint density at radius 1 is 1.64 bits per heavy atom.